The molecule has 0 aromatic heterocycles. The van der Waals surface area contributed by atoms with E-state index in [0.29, 0.717) is 0 Å². The van der Waals surface area contributed by atoms with Gasteiger partial charge in [-0.15, -0.1) is 0 Å². The van der Waals surface area contributed by atoms with E-state index in [1.54, 1.807) is 0 Å². The Morgan fingerprint density at radius 3 is 2.41 bits per heavy atom. The Balaban J connectivity index is 2.43. The first kappa shape index (κ1) is 14.9. The minimum Gasteiger partial charge on any atom is -0.445 e. The third-order valence-corrected chi connectivity index (χ3v) is 12.4. The van der Waals surface area contributed by atoms with Crippen molar-refractivity contribution in [1.82, 2.24) is 0 Å². The molecule has 0 amide bonds. The molecule has 0 N–H and O–H groups in total. The van der Waals surface area contributed by atoms with E-state index in [4.69, 9.17) is 8.23 Å². The molecule has 2 nitrogen and oxygen atoms in total. The lowest BCUT2D eigenvalue weighted by Gasteiger charge is -2.27. The largest absolute Gasteiger partial charge is 0.445 e. The van der Waals surface area contributed by atoms with Crippen LogP contribution in [0, 0.1) is 0 Å². The summed E-state index contributed by atoms with van der Waals surface area (Å²) in [6.45, 7) is 6.58. The molecule has 0 aliphatic heterocycles. The fourth-order valence-corrected chi connectivity index (χ4v) is 8.43. The topological polar surface area (TPSA) is 18.5 Å². The molecule has 1 unspecified atom stereocenters. The Hall–Kier alpha value is -0.209. The Morgan fingerprint density at radius 1 is 1.24 bits per heavy atom. The van der Waals surface area contributed by atoms with Crippen molar-refractivity contribution in [3.63, 3.8) is 0 Å². The lowest BCUT2D eigenvalue weighted by atomic mass is 10.2. The van der Waals surface area contributed by atoms with Crippen molar-refractivity contribution in [2.75, 3.05) is 0 Å². The Bertz CT molecular complexity index is 317. The van der Waals surface area contributed by atoms with Gasteiger partial charge in [0.05, 0.1) is 0 Å². The van der Waals surface area contributed by atoms with Gasteiger partial charge in [0.15, 0.2) is 9.04 Å². The number of benzene rings is 1. The quantitative estimate of drug-likeness (QED) is 0.713. The van der Waals surface area contributed by atoms with Crippen LogP contribution in [-0.2, 0) is 14.7 Å². The summed E-state index contributed by atoms with van der Waals surface area (Å²) in [4.78, 5) is 0. The lowest BCUT2D eigenvalue weighted by Crippen LogP contribution is -2.40. The number of hydrogen-bond donors (Lipinski definition) is 0. The zero-order valence-electron chi connectivity index (χ0n) is 11.4. The minimum absolute atomic E-state index is 0.794. The van der Waals surface area contributed by atoms with Gasteiger partial charge >= 0.3 is 8.56 Å². The summed E-state index contributed by atoms with van der Waals surface area (Å²) in [5.41, 5.74) is 1.42. The molecular weight excluding hydrogens is 260 g/mol. The van der Waals surface area contributed by atoms with Crippen LogP contribution in [0.1, 0.15) is 12.5 Å². The van der Waals surface area contributed by atoms with Crippen LogP contribution in [0.4, 0.5) is 0 Å². The van der Waals surface area contributed by atoms with Crippen LogP contribution in [0.25, 0.3) is 0 Å². The predicted molar refractivity (Wildman–Crippen MR) is 82.2 cm³/mol. The molecule has 0 aliphatic rings. The van der Waals surface area contributed by atoms with Crippen LogP contribution >= 0.6 is 0 Å². The van der Waals surface area contributed by atoms with Crippen LogP contribution in [0.15, 0.2) is 30.3 Å². The van der Waals surface area contributed by atoms with Crippen molar-refractivity contribution in [2.45, 2.75) is 38.5 Å². The highest BCUT2D eigenvalue weighted by Gasteiger charge is 2.26. The number of aryl methyl sites for hydroxylation is 1. The third-order valence-electron chi connectivity index (χ3n) is 3.00. The Morgan fingerprint density at radius 2 is 1.88 bits per heavy atom. The smallest absolute Gasteiger partial charge is 0.310 e. The van der Waals surface area contributed by atoms with Gasteiger partial charge in [0, 0.05) is 0 Å². The summed E-state index contributed by atoms with van der Waals surface area (Å²) in [6.07, 6.45) is 1.15. The Labute approximate surface area is 111 Å². The molecule has 17 heavy (non-hydrogen) atoms. The molecule has 5 heteroatoms. The fraction of sp³-hybridized carbons (Fsp3) is 0.500. The maximum Gasteiger partial charge on any atom is 0.310 e. The van der Waals surface area contributed by atoms with Crippen molar-refractivity contribution in [2.24, 2.45) is 0 Å². The predicted octanol–water partition coefficient (Wildman–Crippen LogP) is 1.99. The molecule has 0 saturated carbocycles. The highest BCUT2D eigenvalue weighted by Crippen LogP contribution is 2.14. The van der Waals surface area contributed by atoms with Crippen LogP contribution in [0.5, 0.6) is 0 Å². The van der Waals surface area contributed by atoms with E-state index in [1.165, 1.54) is 17.7 Å². The molecule has 1 atom stereocenters. The zero-order valence-corrected chi connectivity index (χ0v) is 15.6. The molecule has 0 radical (unpaired) electrons. The van der Waals surface area contributed by atoms with Gasteiger partial charge in [-0.3, -0.25) is 0 Å². The fourth-order valence-electron chi connectivity index (χ4n) is 1.77. The molecule has 0 heterocycles. The second-order valence-electron chi connectivity index (χ2n) is 4.78. The zero-order chi connectivity index (χ0) is 12.7. The molecular formula is C12H24O2Si3. The van der Waals surface area contributed by atoms with Gasteiger partial charge in [0.2, 0.25) is 0 Å². The molecule has 0 spiro atoms. The average Bonchev–Trinajstić information content (AvgIpc) is 2.35. The highest BCUT2D eigenvalue weighted by molar-refractivity contribution is 6.75. The molecule has 96 valence electrons. The summed E-state index contributed by atoms with van der Waals surface area (Å²) < 4.78 is 11.9. The van der Waals surface area contributed by atoms with E-state index < -0.39 is 17.6 Å². The minimum atomic E-state index is -1.78. The van der Waals surface area contributed by atoms with E-state index in [-0.39, 0.29) is 0 Å². The van der Waals surface area contributed by atoms with Gasteiger partial charge in [0.1, 0.15) is 10.5 Å². The van der Waals surface area contributed by atoms with Crippen molar-refractivity contribution < 1.29 is 8.23 Å². The normalized spacial score (nSPS) is 13.8. The van der Waals surface area contributed by atoms with Crippen molar-refractivity contribution in [3.05, 3.63) is 35.9 Å². The standard InChI is InChI=1S/C12H24O2Si3/c1-4-16(14-17(2,3)13-15)11-10-12-8-6-5-7-9-12/h5-9,16H,4,10-11H2,1-3,15H3. The summed E-state index contributed by atoms with van der Waals surface area (Å²) >= 11 is 0. The molecule has 1 aromatic rings. The first-order valence-electron chi connectivity index (χ1n) is 6.34. The maximum absolute atomic E-state index is 6.25. The lowest BCUT2D eigenvalue weighted by molar-refractivity contribution is 0.422. The molecule has 1 aromatic carbocycles. The van der Waals surface area contributed by atoms with Crippen molar-refractivity contribution in [1.29, 1.82) is 0 Å². The summed E-state index contributed by atoms with van der Waals surface area (Å²) in [5.74, 6) is 0. The maximum atomic E-state index is 6.25. The SMILES string of the molecule is CC[SiH](CCc1ccccc1)O[Si](C)(C)O[SiH3]. The van der Waals surface area contributed by atoms with Gasteiger partial charge in [-0.05, 0) is 37.2 Å². The van der Waals surface area contributed by atoms with E-state index in [9.17, 15) is 0 Å². The number of rotatable bonds is 7. The van der Waals surface area contributed by atoms with Crippen LogP contribution < -0.4 is 0 Å². The van der Waals surface area contributed by atoms with Gasteiger partial charge in [-0.25, -0.2) is 0 Å². The monoisotopic (exact) mass is 284 g/mol. The van der Waals surface area contributed by atoms with Gasteiger partial charge < -0.3 is 8.23 Å². The van der Waals surface area contributed by atoms with E-state index >= 15 is 0 Å². The Kier molecular flexibility index (Phi) is 6.36. The first-order chi connectivity index (χ1) is 8.07. The molecule has 0 fully saturated rings. The average molecular weight is 285 g/mol. The van der Waals surface area contributed by atoms with E-state index in [0.717, 1.165) is 16.9 Å². The molecule has 1 rings (SSSR count). The van der Waals surface area contributed by atoms with E-state index in [1.807, 2.05) is 0 Å². The van der Waals surface area contributed by atoms with E-state index in [2.05, 4.69) is 50.3 Å². The van der Waals surface area contributed by atoms with Crippen LogP contribution in [0.3, 0.4) is 0 Å². The van der Waals surface area contributed by atoms with Crippen LogP contribution in [0.2, 0.25) is 25.2 Å². The third kappa shape index (κ3) is 5.78. The van der Waals surface area contributed by atoms with Crippen molar-refractivity contribution in [3.8, 4) is 0 Å². The summed E-state index contributed by atoms with van der Waals surface area (Å²) in [6, 6.07) is 13.1. The molecule has 0 saturated heterocycles. The van der Waals surface area contributed by atoms with Gasteiger partial charge in [-0.2, -0.15) is 0 Å². The van der Waals surface area contributed by atoms with Crippen molar-refractivity contribution >= 4 is 28.1 Å². The first-order valence-corrected chi connectivity index (χ1v) is 12.1. The summed E-state index contributed by atoms with van der Waals surface area (Å²) in [5, 5.41) is 0. The second-order valence-corrected chi connectivity index (χ2v) is 12.8. The molecule has 0 aliphatic carbocycles. The van der Waals surface area contributed by atoms with Gasteiger partial charge in [0.25, 0.3) is 0 Å². The highest BCUT2D eigenvalue weighted by atomic mass is 28.4. The van der Waals surface area contributed by atoms with Crippen LogP contribution in [-0.4, -0.2) is 28.1 Å². The summed E-state index contributed by atoms with van der Waals surface area (Å²) in [7, 11) is -2.05. The van der Waals surface area contributed by atoms with Gasteiger partial charge in [-0.1, -0.05) is 37.3 Å². The number of hydrogen-bond acceptors (Lipinski definition) is 2. The molecule has 0 bridgehead atoms. The second kappa shape index (κ2) is 7.28.